The molecule has 2 fully saturated rings. The van der Waals surface area contributed by atoms with Gasteiger partial charge >= 0.3 is 0 Å². The summed E-state index contributed by atoms with van der Waals surface area (Å²) in [5.41, 5.74) is 0. The zero-order chi connectivity index (χ0) is 12.3. The fourth-order valence-electron chi connectivity index (χ4n) is 2.07. The highest BCUT2D eigenvalue weighted by Gasteiger charge is 2.30. The third kappa shape index (κ3) is 5.07. The Hall–Kier alpha value is -0.570. The number of carbonyl (C=O) groups is 1. The van der Waals surface area contributed by atoms with Crippen LogP contribution in [-0.4, -0.2) is 36.5 Å². The van der Waals surface area contributed by atoms with Gasteiger partial charge in [-0.3, -0.25) is 9.69 Å². The fraction of sp³-hybridized carbons (Fsp3) is 0.929. The van der Waals surface area contributed by atoms with Crippen LogP contribution < -0.4 is 5.32 Å². The third-order valence-electron chi connectivity index (χ3n) is 3.69. The maximum Gasteiger partial charge on any atom is 0.234 e. The van der Waals surface area contributed by atoms with Crippen molar-refractivity contribution in [3.05, 3.63) is 0 Å². The summed E-state index contributed by atoms with van der Waals surface area (Å²) in [4.78, 5) is 14.2. The van der Waals surface area contributed by atoms with Gasteiger partial charge in [-0.15, -0.1) is 0 Å². The second-order valence-corrected chi connectivity index (χ2v) is 6.13. The summed E-state index contributed by atoms with van der Waals surface area (Å²) < 4.78 is 0. The Labute approximate surface area is 105 Å². The number of hydrogen-bond acceptors (Lipinski definition) is 2. The first-order valence-corrected chi connectivity index (χ1v) is 7.16. The van der Waals surface area contributed by atoms with Crippen molar-refractivity contribution in [1.82, 2.24) is 10.2 Å². The minimum atomic E-state index is 0.229. The first-order chi connectivity index (χ1) is 8.15. The van der Waals surface area contributed by atoms with Gasteiger partial charge in [0.2, 0.25) is 5.91 Å². The van der Waals surface area contributed by atoms with Crippen LogP contribution in [0.5, 0.6) is 0 Å². The molecular formula is C14H26N2O. The number of amides is 1. The smallest absolute Gasteiger partial charge is 0.234 e. The molecule has 98 valence electrons. The largest absolute Gasteiger partial charge is 0.355 e. The Bertz CT molecular complexity index is 257. The normalized spacial score (nSPS) is 20.0. The molecule has 0 atom stereocenters. The molecule has 0 heterocycles. The van der Waals surface area contributed by atoms with Crippen molar-refractivity contribution in [3.8, 4) is 0 Å². The zero-order valence-corrected chi connectivity index (χ0v) is 11.2. The quantitative estimate of drug-likeness (QED) is 0.701. The van der Waals surface area contributed by atoms with Crippen LogP contribution in [0.15, 0.2) is 0 Å². The molecule has 2 aliphatic carbocycles. The highest BCUT2D eigenvalue weighted by Crippen LogP contribution is 2.28. The summed E-state index contributed by atoms with van der Waals surface area (Å²) in [5.74, 6) is 1.74. The average Bonchev–Trinajstić information content (AvgIpc) is 3.15. The maximum absolute atomic E-state index is 11.8. The van der Waals surface area contributed by atoms with Gasteiger partial charge in [-0.25, -0.2) is 0 Å². The second-order valence-electron chi connectivity index (χ2n) is 6.13. The lowest BCUT2D eigenvalue weighted by atomic mass is 10.1. The van der Waals surface area contributed by atoms with Crippen LogP contribution in [0.1, 0.15) is 46.0 Å². The first kappa shape index (κ1) is 12.9. The Morgan fingerprint density at radius 3 is 2.53 bits per heavy atom. The fourth-order valence-corrected chi connectivity index (χ4v) is 2.07. The molecule has 1 N–H and O–H groups in total. The Morgan fingerprint density at radius 1 is 1.29 bits per heavy atom. The van der Waals surface area contributed by atoms with E-state index in [1.54, 1.807) is 0 Å². The number of nitrogens with one attached hydrogen (secondary N) is 1. The predicted octanol–water partition coefficient (Wildman–Crippen LogP) is 2.02. The van der Waals surface area contributed by atoms with Crippen LogP contribution in [0.25, 0.3) is 0 Å². The van der Waals surface area contributed by atoms with E-state index in [1.165, 1.54) is 32.1 Å². The van der Waals surface area contributed by atoms with E-state index in [2.05, 4.69) is 24.1 Å². The molecule has 0 saturated heterocycles. The lowest BCUT2D eigenvalue weighted by Gasteiger charge is -2.22. The van der Waals surface area contributed by atoms with Crippen molar-refractivity contribution >= 4 is 5.91 Å². The molecule has 2 saturated carbocycles. The van der Waals surface area contributed by atoms with Gasteiger partial charge in [0.1, 0.15) is 0 Å². The van der Waals surface area contributed by atoms with Crippen LogP contribution in [0.4, 0.5) is 0 Å². The van der Waals surface area contributed by atoms with Crippen molar-refractivity contribution in [2.45, 2.75) is 52.0 Å². The van der Waals surface area contributed by atoms with E-state index in [-0.39, 0.29) is 5.91 Å². The summed E-state index contributed by atoms with van der Waals surface area (Å²) in [6.07, 6.45) is 6.38. The van der Waals surface area contributed by atoms with Crippen molar-refractivity contribution in [1.29, 1.82) is 0 Å². The van der Waals surface area contributed by atoms with Gasteiger partial charge in [0.25, 0.3) is 0 Å². The standard InChI is InChI=1S/C14H26N2O/c1-11(2)7-8-16(13-5-6-13)10-14(17)15-9-12-3-4-12/h11-13H,3-10H2,1-2H3,(H,15,17). The van der Waals surface area contributed by atoms with Gasteiger partial charge in [-0.1, -0.05) is 13.8 Å². The minimum absolute atomic E-state index is 0.229. The number of nitrogens with zero attached hydrogens (tertiary/aromatic N) is 1. The van der Waals surface area contributed by atoms with Crippen LogP contribution in [0.3, 0.4) is 0 Å². The Kier molecular flexibility index (Phi) is 4.43. The SMILES string of the molecule is CC(C)CCN(CC(=O)NCC1CC1)C1CC1. The van der Waals surface area contributed by atoms with Crippen molar-refractivity contribution < 1.29 is 4.79 Å². The van der Waals surface area contributed by atoms with E-state index in [4.69, 9.17) is 0 Å². The highest BCUT2D eigenvalue weighted by atomic mass is 16.2. The van der Waals surface area contributed by atoms with E-state index < -0.39 is 0 Å². The monoisotopic (exact) mass is 238 g/mol. The van der Waals surface area contributed by atoms with Crippen LogP contribution >= 0.6 is 0 Å². The van der Waals surface area contributed by atoms with E-state index in [9.17, 15) is 4.79 Å². The lowest BCUT2D eigenvalue weighted by molar-refractivity contribution is -0.122. The molecule has 0 spiro atoms. The van der Waals surface area contributed by atoms with Gasteiger partial charge in [-0.05, 0) is 50.5 Å². The number of carbonyl (C=O) groups excluding carboxylic acids is 1. The molecule has 0 aromatic carbocycles. The summed E-state index contributed by atoms with van der Waals surface area (Å²) in [5, 5.41) is 3.06. The molecule has 2 aliphatic rings. The van der Waals surface area contributed by atoms with E-state index in [0.717, 1.165) is 24.9 Å². The minimum Gasteiger partial charge on any atom is -0.355 e. The predicted molar refractivity (Wildman–Crippen MR) is 69.8 cm³/mol. The average molecular weight is 238 g/mol. The highest BCUT2D eigenvalue weighted by molar-refractivity contribution is 5.78. The molecule has 2 rings (SSSR count). The molecule has 17 heavy (non-hydrogen) atoms. The van der Waals surface area contributed by atoms with Gasteiger partial charge in [-0.2, -0.15) is 0 Å². The van der Waals surface area contributed by atoms with Gasteiger partial charge in [0.05, 0.1) is 6.54 Å². The van der Waals surface area contributed by atoms with Crippen molar-refractivity contribution in [3.63, 3.8) is 0 Å². The number of hydrogen-bond donors (Lipinski definition) is 1. The summed E-state index contributed by atoms with van der Waals surface area (Å²) in [7, 11) is 0. The molecular weight excluding hydrogens is 212 g/mol. The van der Waals surface area contributed by atoms with E-state index >= 15 is 0 Å². The zero-order valence-electron chi connectivity index (χ0n) is 11.2. The molecule has 0 aliphatic heterocycles. The van der Waals surface area contributed by atoms with Crippen LogP contribution in [-0.2, 0) is 4.79 Å². The third-order valence-corrected chi connectivity index (χ3v) is 3.69. The molecule has 0 radical (unpaired) electrons. The number of rotatable bonds is 8. The molecule has 3 heteroatoms. The molecule has 0 bridgehead atoms. The van der Waals surface area contributed by atoms with E-state index in [1.807, 2.05) is 0 Å². The van der Waals surface area contributed by atoms with Gasteiger partial charge in [0, 0.05) is 12.6 Å². The Balaban J connectivity index is 1.65. The molecule has 0 aromatic rings. The summed E-state index contributed by atoms with van der Waals surface area (Å²) >= 11 is 0. The van der Waals surface area contributed by atoms with Crippen LogP contribution in [0, 0.1) is 11.8 Å². The molecule has 3 nitrogen and oxygen atoms in total. The topological polar surface area (TPSA) is 32.3 Å². The lowest BCUT2D eigenvalue weighted by Crippen LogP contribution is -2.39. The molecule has 0 unspecified atom stereocenters. The summed E-state index contributed by atoms with van der Waals surface area (Å²) in [6.45, 7) is 7.10. The second kappa shape index (κ2) is 5.85. The van der Waals surface area contributed by atoms with Crippen LogP contribution in [0.2, 0.25) is 0 Å². The van der Waals surface area contributed by atoms with Crippen molar-refractivity contribution in [2.24, 2.45) is 11.8 Å². The maximum atomic E-state index is 11.8. The summed E-state index contributed by atoms with van der Waals surface area (Å²) in [6, 6.07) is 0.695. The Morgan fingerprint density at radius 2 is 2.00 bits per heavy atom. The molecule has 1 amide bonds. The van der Waals surface area contributed by atoms with E-state index in [0.29, 0.717) is 12.6 Å². The van der Waals surface area contributed by atoms with Gasteiger partial charge < -0.3 is 5.32 Å². The molecule has 0 aromatic heterocycles. The van der Waals surface area contributed by atoms with Crippen molar-refractivity contribution in [2.75, 3.05) is 19.6 Å². The van der Waals surface area contributed by atoms with Gasteiger partial charge in [0.15, 0.2) is 0 Å². The first-order valence-electron chi connectivity index (χ1n) is 7.16.